The highest BCUT2D eigenvalue weighted by Crippen LogP contribution is 2.48. The lowest BCUT2D eigenvalue weighted by atomic mass is 9.87. The lowest BCUT2D eigenvalue weighted by Gasteiger charge is -2.34. The minimum absolute atomic E-state index is 0.0153. The van der Waals surface area contributed by atoms with Gasteiger partial charge < -0.3 is 34.8 Å². The molecular weight excluding hydrogens is 875 g/mol. The molecule has 6 atom stereocenters. The van der Waals surface area contributed by atoms with E-state index in [1.165, 1.54) is 30.8 Å². The van der Waals surface area contributed by atoms with Gasteiger partial charge in [-0.15, -0.1) is 0 Å². The number of carbonyl (C=O) groups excluding carboxylic acids is 4. The molecule has 0 unspecified atom stereocenters. The maximum Gasteiger partial charge on any atom is 0.407 e. The molecule has 3 aliphatic rings. The van der Waals surface area contributed by atoms with E-state index < -0.39 is 24.3 Å². The van der Waals surface area contributed by atoms with Crippen molar-refractivity contribution >= 4 is 29.7 Å². The molecule has 0 saturated carbocycles. The zero-order chi connectivity index (χ0) is 49.1. The van der Waals surface area contributed by atoms with Gasteiger partial charge in [-0.05, 0) is 84.6 Å². The molecule has 0 radical (unpaired) electrons. The highest BCUT2D eigenvalue weighted by atomic mass is 16.6. The Bertz CT molecular complexity index is 2430. The van der Waals surface area contributed by atoms with Gasteiger partial charge in [0.1, 0.15) is 17.7 Å². The Hall–Kier alpha value is -6.78. The fourth-order valence-electron chi connectivity index (χ4n) is 10.1. The summed E-state index contributed by atoms with van der Waals surface area (Å²) in [7, 11) is 2.77. The van der Waals surface area contributed by atoms with Gasteiger partial charge in [0, 0.05) is 37.0 Å². The summed E-state index contributed by atoms with van der Waals surface area (Å²) in [6, 6.07) is 24.9. The van der Waals surface area contributed by atoms with Crippen LogP contribution in [-0.4, -0.2) is 104 Å². The fourth-order valence-corrected chi connectivity index (χ4v) is 10.1. The molecule has 366 valence electrons. The van der Waals surface area contributed by atoms with Gasteiger partial charge in [0.25, 0.3) is 5.91 Å². The number of ether oxygens (including phenoxy) is 2. The molecule has 5 heterocycles. The van der Waals surface area contributed by atoms with Crippen LogP contribution in [0, 0.1) is 11.8 Å². The molecule has 0 aliphatic carbocycles. The quantitative estimate of drug-likeness (QED) is 0.0879. The van der Waals surface area contributed by atoms with Crippen LogP contribution in [0.5, 0.6) is 0 Å². The van der Waals surface area contributed by atoms with Crippen molar-refractivity contribution in [2.75, 3.05) is 32.1 Å². The monoisotopic (exact) mass is 942 g/mol. The molecule has 69 heavy (non-hydrogen) atoms. The Morgan fingerprint density at radius 1 is 0.652 bits per heavy atom. The number of methoxy groups -OCH3 is 1. The van der Waals surface area contributed by atoms with E-state index in [1.54, 1.807) is 9.80 Å². The number of amides is 4. The van der Waals surface area contributed by atoms with Gasteiger partial charge in [-0.25, -0.2) is 19.6 Å². The number of rotatable bonds is 13. The number of likely N-dealkylation sites (tertiary alicyclic amines) is 2. The van der Waals surface area contributed by atoms with Crippen LogP contribution in [-0.2, 0) is 24.5 Å². The Morgan fingerprint density at radius 3 is 1.58 bits per heavy atom. The Morgan fingerprint density at radius 2 is 1.14 bits per heavy atom. The van der Waals surface area contributed by atoms with Crippen LogP contribution >= 0.6 is 0 Å². The number of anilines is 1. The summed E-state index contributed by atoms with van der Waals surface area (Å²) in [5.74, 6) is 1.61. The van der Waals surface area contributed by atoms with Crippen molar-refractivity contribution in [3.63, 3.8) is 0 Å². The normalized spacial score (nSPS) is 20.4. The molecule has 17 heteroatoms. The largest absolute Gasteiger partial charge is 0.453 e. The number of aromatic nitrogens is 6. The molecule has 3 fully saturated rings. The second-order valence-corrected chi connectivity index (χ2v) is 20.2. The lowest BCUT2D eigenvalue weighted by molar-refractivity contribution is -0.143. The first-order valence-electron chi connectivity index (χ1n) is 24.3. The topological polar surface area (TPSA) is 204 Å². The smallest absolute Gasteiger partial charge is 0.407 e. The number of H-pyrrole nitrogens is 2. The average Bonchev–Trinajstić information content (AvgIpc) is 4.21. The minimum Gasteiger partial charge on any atom is -0.453 e. The average molecular weight is 942 g/mol. The van der Waals surface area contributed by atoms with Crippen LogP contribution in [0.2, 0.25) is 0 Å². The molecule has 0 bridgehead atoms. The zero-order valence-electron chi connectivity index (χ0n) is 41.3. The van der Waals surface area contributed by atoms with Crippen LogP contribution in [0.4, 0.5) is 15.3 Å². The van der Waals surface area contributed by atoms with Gasteiger partial charge >= 0.3 is 12.2 Å². The first-order chi connectivity index (χ1) is 33.1. The van der Waals surface area contributed by atoms with E-state index in [0.29, 0.717) is 36.4 Å². The van der Waals surface area contributed by atoms with Crippen LogP contribution in [0.3, 0.4) is 0 Å². The summed E-state index contributed by atoms with van der Waals surface area (Å²) in [6.07, 6.45) is 2.80. The van der Waals surface area contributed by atoms with Crippen molar-refractivity contribution in [2.45, 2.75) is 129 Å². The fraction of sp³-hybridized carbons (Fsp3) is 0.500. The number of hydrogen-bond donors (Lipinski definition) is 4. The van der Waals surface area contributed by atoms with Crippen LogP contribution in [0.1, 0.15) is 139 Å². The SMILES string of the molecule is CNC(=O)O[C@H](C(=O)N1CCC[C@H]1c1nc(-c2ccc([C@H]3CC[C@H](c4ccc(-c5n[nH]c([C@@H]6CCCN6C(=O)[C@@H](NC(=O)OC)C(C)C)n5)cc4)N3c3ccc(C(C)(C)C)cc3)cc2)n[nH]1)C(C)C. The van der Waals surface area contributed by atoms with Crippen LogP contribution in [0.25, 0.3) is 22.8 Å². The van der Waals surface area contributed by atoms with Gasteiger partial charge in [-0.1, -0.05) is 109 Å². The second-order valence-electron chi connectivity index (χ2n) is 20.2. The predicted molar refractivity (Wildman–Crippen MR) is 262 cm³/mol. The van der Waals surface area contributed by atoms with Crippen LogP contribution in [0.15, 0.2) is 72.8 Å². The third-order valence-corrected chi connectivity index (χ3v) is 13.9. The minimum atomic E-state index is -0.905. The van der Waals surface area contributed by atoms with Crippen molar-refractivity contribution in [1.29, 1.82) is 0 Å². The van der Waals surface area contributed by atoms with E-state index in [0.717, 1.165) is 55.3 Å². The van der Waals surface area contributed by atoms with Crippen molar-refractivity contribution in [3.8, 4) is 22.8 Å². The molecule has 3 aromatic carbocycles. The molecule has 8 rings (SSSR count). The summed E-state index contributed by atoms with van der Waals surface area (Å²) in [6.45, 7) is 15.3. The van der Waals surface area contributed by atoms with Crippen LogP contribution < -0.4 is 15.5 Å². The molecule has 5 aromatic rings. The van der Waals surface area contributed by atoms with E-state index in [9.17, 15) is 19.2 Å². The molecule has 3 aliphatic heterocycles. The van der Waals surface area contributed by atoms with E-state index in [1.807, 2.05) is 27.7 Å². The number of aromatic amines is 2. The van der Waals surface area contributed by atoms with Gasteiger partial charge in [-0.3, -0.25) is 19.8 Å². The summed E-state index contributed by atoms with van der Waals surface area (Å²) in [5, 5.41) is 20.6. The number of hydrogen-bond acceptors (Lipinski definition) is 11. The molecule has 4 amide bonds. The maximum atomic E-state index is 13.7. The van der Waals surface area contributed by atoms with Gasteiger partial charge in [0.05, 0.1) is 31.3 Å². The van der Waals surface area contributed by atoms with Crippen molar-refractivity contribution in [1.82, 2.24) is 50.8 Å². The van der Waals surface area contributed by atoms with Gasteiger partial charge in [0.15, 0.2) is 17.8 Å². The molecule has 4 N–H and O–H groups in total. The highest BCUT2D eigenvalue weighted by Gasteiger charge is 2.41. The predicted octanol–water partition coefficient (Wildman–Crippen LogP) is 8.73. The molecule has 2 aromatic heterocycles. The lowest BCUT2D eigenvalue weighted by Crippen LogP contribution is -2.51. The zero-order valence-corrected chi connectivity index (χ0v) is 41.3. The van der Waals surface area contributed by atoms with Crippen molar-refractivity contribution in [2.24, 2.45) is 11.8 Å². The molecule has 0 spiro atoms. The Labute approximate surface area is 404 Å². The third-order valence-electron chi connectivity index (χ3n) is 13.9. The van der Waals surface area contributed by atoms with Crippen molar-refractivity contribution < 1.29 is 28.7 Å². The first kappa shape index (κ1) is 48.7. The number of alkyl carbamates (subject to hydrolysis) is 2. The summed E-state index contributed by atoms with van der Waals surface area (Å²) < 4.78 is 10.3. The number of nitrogens with zero attached hydrogens (tertiary/aromatic N) is 7. The third kappa shape index (κ3) is 10.3. The first-order valence-corrected chi connectivity index (χ1v) is 24.3. The van der Waals surface area contributed by atoms with E-state index >= 15 is 0 Å². The maximum absolute atomic E-state index is 13.7. The number of benzene rings is 3. The number of nitrogens with one attached hydrogen (secondary N) is 4. The van der Waals surface area contributed by atoms with Gasteiger partial charge in [-0.2, -0.15) is 10.2 Å². The Balaban J connectivity index is 1.00. The standard InChI is InChI=1S/C52H67N11O6/c1-30(2)42(54-51(67)68-9)48(64)61-28-10-12-40(61)46-55-44(57-59-46)34-18-14-32(15-19-34)38-26-27-39(63(38)37-24-22-36(23-25-37)52(5,6)7)33-16-20-35(21-17-33)45-56-47(60-58-45)41-13-11-29-62(41)49(65)43(31(3)4)69-50(66)53-8/h14-25,30-31,38-43H,10-13,26-29H2,1-9H3,(H,53,66)(H,54,67)(H,55,57,59)(H,56,58,60)/t38-,39-,40+,41+,42+,43+/m1/s1. The summed E-state index contributed by atoms with van der Waals surface area (Å²) >= 11 is 0. The van der Waals surface area contributed by atoms with E-state index in [-0.39, 0.29) is 53.2 Å². The van der Waals surface area contributed by atoms with Crippen molar-refractivity contribution in [3.05, 3.63) is 101 Å². The summed E-state index contributed by atoms with van der Waals surface area (Å²) in [4.78, 5) is 67.5. The Kier molecular flexibility index (Phi) is 14.4. The molecule has 3 saturated heterocycles. The molecular formula is C52H67N11O6. The van der Waals surface area contributed by atoms with Gasteiger partial charge in [0.2, 0.25) is 5.91 Å². The second kappa shape index (κ2) is 20.4. The van der Waals surface area contributed by atoms with E-state index in [4.69, 9.17) is 19.4 Å². The summed E-state index contributed by atoms with van der Waals surface area (Å²) in [5.41, 5.74) is 6.54. The molecule has 17 nitrogen and oxygen atoms in total. The van der Waals surface area contributed by atoms with E-state index in [2.05, 4.69) is 129 Å². The number of carbonyl (C=O) groups is 4. The highest BCUT2D eigenvalue weighted by molar-refractivity contribution is 5.86.